The van der Waals surface area contributed by atoms with Crippen molar-refractivity contribution in [3.63, 3.8) is 0 Å². The average molecular weight is 426 g/mol. The third-order valence-electron chi connectivity index (χ3n) is 5.04. The van der Waals surface area contributed by atoms with Crippen molar-refractivity contribution in [3.05, 3.63) is 102 Å². The number of rotatable bonds is 3. The normalized spacial score (nSPS) is 17.5. The maximum absolute atomic E-state index is 13.7. The molecular weight excluding hydrogens is 412 g/mol. The van der Waals surface area contributed by atoms with Gasteiger partial charge in [-0.3, -0.25) is 0 Å². The van der Waals surface area contributed by atoms with E-state index in [1.165, 1.54) is 29.3 Å². The molecule has 0 unspecified atom stereocenters. The predicted octanol–water partition coefficient (Wildman–Crippen LogP) is 6.58. The fourth-order valence-electron chi connectivity index (χ4n) is 3.76. The molecule has 1 spiro atoms. The Balaban J connectivity index is 1.69. The summed E-state index contributed by atoms with van der Waals surface area (Å²) in [6.45, 7) is 0. The SMILES string of the molecule is Fc1ccc(N2N=C(C(F)(F)F)SC23C(c2ccccc2)=C3c2ccccc2)cc1. The second-order valence-electron chi connectivity index (χ2n) is 6.92. The highest BCUT2D eigenvalue weighted by Gasteiger charge is 2.66. The van der Waals surface area contributed by atoms with Crippen LogP contribution in [0.5, 0.6) is 0 Å². The lowest BCUT2D eigenvalue weighted by atomic mass is 10.1. The molecule has 0 saturated carbocycles. The van der Waals surface area contributed by atoms with Crippen LogP contribution in [0, 0.1) is 5.82 Å². The molecule has 0 aromatic heterocycles. The van der Waals surface area contributed by atoms with Gasteiger partial charge in [-0.25, -0.2) is 9.40 Å². The first-order chi connectivity index (χ1) is 14.4. The molecule has 0 N–H and O–H groups in total. The van der Waals surface area contributed by atoms with Gasteiger partial charge in [0.2, 0.25) is 5.04 Å². The van der Waals surface area contributed by atoms with Crippen LogP contribution in [0.1, 0.15) is 11.1 Å². The number of hydrogen-bond donors (Lipinski definition) is 0. The Bertz CT molecular complexity index is 1100. The van der Waals surface area contributed by atoms with Crippen molar-refractivity contribution in [2.75, 3.05) is 5.01 Å². The molecule has 0 fully saturated rings. The number of hydrazone groups is 1. The van der Waals surface area contributed by atoms with E-state index in [2.05, 4.69) is 5.10 Å². The molecule has 1 aliphatic heterocycles. The Morgan fingerprint density at radius 2 is 1.23 bits per heavy atom. The van der Waals surface area contributed by atoms with E-state index < -0.39 is 21.9 Å². The average Bonchev–Trinajstić information content (AvgIpc) is 3.23. The molecule has 1 heterocycles. The van der Waals surface area contributed by atoms with Crippen molar-refractivity contribution in [1.29, 1.82) is 0 Å². The molecule has 5 rings (SSSR count). The van der Waals surface area contributed by atoms with Crippen LogP contribution >= 0.6 is 11.8 Å². The second kappa shape index (κ2) is 6.74. The Morgan fingerprint density at radius 1 is 0.733 bits per heavy atom. The summed E-state index contributed by atoms with van der Waals surface area (Å²) in [5, 5.41) is 4.39. The molecule has 0 amide bonds. The van der Waals surface area contributed by atoms with Gasteiger partial charge in [-0.05, 0) is 35.4 Å². The minimum Gasteiger partial charge on any atom is -0.239 e. The fourth-order valence-corrected chi connectivity index (χ4v) is 5.10. The molecule has 1 aliphatic carbocycles. The van der Waals surface area contributed by atoms with Gasteiger partial charge in [-0.15, -0.1) is 0 Å². The molecule has 0 saturated heterocycles. The van der Waals surface area contributed by atoms with Gasteiger partial charge >= 0.3 is 6.18 Å². The number of alkyl halides is 3. The number of hydrogen-bond acceptors (Lipinski definition) is 3. The van der Waals surface area contributed by atoms with E-state index in [1.54, 1.807) is 0 Å². The highest BCUT2D eigenvalue weighted by Crippen LogP contribution is 2.69. The van der Waals surface area contributed by atoms with E-state index in [4.69, 9.17) is 0 Å². The van der Waals surface area contributed by atoms with Crippen LogP contribution < -0.4 is 5.01 Å². The third kappa shape index (κ3) is 2.92. The van der Waals surface area contributed by atoms with Gasteiger partial charge in [0.1, 0.15) is 5.82 Å². The van der Waals surface area contributed by atoms with Crippen molar-refractivity contribution in [2.45, 2.75) is 11.0 Å². The molecule has 30 heavy (non-hydrogen) atoms. The van der Waals surface area contributed by atoms with Gasteiger partial charge in [-0.1, -0.05) is 72.4 Å². The van der Waals surface area contributed by atoms with Crippen LogP contribution in [0.2, 0.25) is 0 Å². The molecule has 7 heteroatoms. The van der Waals surface area contributed by atoms with Crippen molar-refractivity contribution in [2.24, 2.45) is 5.10 Å². The summed E-state index contributed by atoms with van der Waals surface area (Å²) in [6.07, 6.45) is -4.58. The monoisotopic (exact) mass is 426 g/mol. The molecule has 150 valence electrons. The zero-order chi connectivity index (χ0) is 20.9. The smallest absolute Gasteiger partial charge is 0.239 e. The van der Waals surface area contributed by atoms with Gasteiger partial charge in [0.25, 0.3) is 0 Å². The number of halogens is 4. The molecular formula is C23H14F4N2S. The van der Waals surface area contributed by atoms with Gasteiger partial charge < -0.3 is 0 Å². The summed E-state index contributed by atoms with van der Waals surface area (Å²) in [5.41, 5.74) is 3.59. The second-order valence-corrected chi connectivity index (χ2v) is 8.10. The first-order valence-electron chi connectivity index (χ1n) is 9.18. The van der Waals surface area contributed by atoms with E-state index in [-0.39, 0.29) is 0 Å². The van der Waals surface area contributed by atoms with Gasteiger partial charge in [0, 0.05) is 11.1 Å². The van der Waals surface area contributed by atoms with E-state index in [1.807, 2.05) is 60.7 Å². The number of thioether (sulfide) groups is 1. The Kier molecular flexibility index (Phi) is 4.25. The summed E-state index contributed by atoms with van der Waals surface area (Å²) in [6, 6.07) is 24.0. The van der Waals surface area contributed by atoms with E-state index in [9.17, 15) is 17.6 Å². The van der Waals surface area contributed by atoms with Gasteiger partial charge in [-0.2, -0.15) is 18.3 Å². The minimum absolute atomic E-state index is 0.391. The van der Waals surface area contributed by atoms with Gasteiger partial charge in [0.15, 0.2) is 4.87 Å². The number of anilines is 1. The zero-order valence-corrected chi connectivity index (χ0v) is 16.2. The number of benzene rings is 3. The molecule has 0 bridgehead atoms. The topological polar surface area (TPSA) is 15.6 Å². The van der Waals surface area contributed by atoms with Crippen LogP contribution in [0.25, 0.3) is 11.1 Å². The molecule has 3 aromatic carbocycles. The minimum atomic E-state index is -4.58. The predicted molar refractivity (Wildman–Crippen MR) is 112 cm³/mol. The lowest BCUT2D eigenvalue weighted by Crippen LogP contribution is -2.30. The van der Waals surface area contributed by atoms with Crippen molar-refractivity contribution in [1.82, 2.24) is 0 Å². The Morgan fingerprint density at radius 3 is 1.70 bits per heavy atom. The maximum Gasteiger partial charge on any atom is 0.441 e. The highest BCUT2D eigenvalue weighted by molar-refractivity contribution is 8.16. The van der Waals surface area contributed by atoms with Crippen molar-refractivity contribution in [3.8, 4) is 0 Å². The summed E-state index contributed by atoms with van der Waals surface area (Å²) in [4.78, 5) is -1.13. The van der Waals surface area contributed by atoms with Crippen molar-refractivity contribution < 1.29 is 17.6 Å². The molecule has 2 aliphatic rings. The van der Waals surface area contributed by atoms with E-state index >= 15 is 0 Å². The largest absolute Gasteiger partial charge is 0.441 e. The Hall–Kier alpha value is -3.06. The maximum atomic E-state index is 13.7. The third-order valence-corrected chi connectivity index (χ3v) is 6.42. The van der Waals surface area contributed by atoms with E-state index in [0.29, 0.717) is 17.4 Å². The zero-order valence-electron chi connectivity index (χ0n) is 15.4. The van der Waals surface area contributed by atoms with Crippen LogP contribution in [0.15, 0.2) is 90.0 Å². The molecule has 3 aromatic rings. The van der Waals surface area contributed by atoms with Crippen LogP contribution in [-0.2, 0) is 0 Å². The molecule has 2 nitrogen and oxygen atoms in total. The summed E-state index contributed by atoms with van der Waals surface area (Å²) in [5.74, 6) is -0.463. The quantitative estimate of drug-likeness (QED) is 0.440. The van der Waals surface area contributed by atoms with E-state index in [0.717, 1.165) is 22.3 Å². The summed E-state index contributed by atoms with van der Waals surface area (Å²) >= 11 is 0.682. The highest BCUT2D eigenvalue weighted by atomic mass is 32.2. The summed E-state index contributed by atoms with van der Waals surface area (Å²) in [7, 11) is 0. The summed E-state index contributed by atoms with van der Waals surface area (Å²) < 4.78 is 54.5. The first-order valence-corrected chi connectivity index (χ1v) is 9.99. The fraction of sp³-hybridized carbons (Fsp3) is 0.0870. The number of nitrogens with zero attached hydrogens (tertiary/aromatic N) is 2. The molecule has 0 radical (unpaired) electrons. The lowest BCUT2D eigenvalue weighted by Gasteiger charge is -2.26. The van der Waals surface area contributed by atoms with Crippen molar-refractivity contribution >= 4 is 33.6 Å². The van der Waals surface area contributed by atoms with Crippen LogP contribution in [-0.4, -0.2) is 16.1 Å². The standard InChI is InChI=1S/C23H14F4N2S/c24-17-11-13-18(14-12-17)29-22(30-21(28-29)23(25,26)27)19(15-7-3-1-4-8-15)20(22)16-9-5-2-6-10-16/h1-14H. The van der Waals surface area contributed by atoms with Crippen LogP contribution in [0.3, 0.4) is 0 Å². The lowest BCUT2D eigenvalue weighted by molar-refractivity contribution is -0.0554. The first kappa shape index (κ1) is 18.9. The molecule has 0 atom stereocenters. The van der Waals surface area contributed by atoms with Gasteiger partial charge in [0.05, 0.1) is 5.69 Å². The Labute approximate surface area is 174 Å². The van der Waals surface area contributed by atoms with Crippen LogP contribution in [0.4, 0.5) is 23.2 Å².